The number of nitrogens with one attached hydrogen (secondary N) is 1. The topological polar surface area (TPSA) is 41.6 Å². The minimum absolute atomic E-state index is 0.113. The van der Waals surface area contributed by atoms with E-state index in [1.807, 2.05) is 30.0 Å². The van der Waals surface area contributed by atoms with Gasteiger partial charge in [0.15, 0.2) is 0 Å². The summed E-state index contributed by atoms with van der Waals surface area (Å²) in [5, 5.41) is 3.54. The number of likely N-dealkylation sites (tertiary alicyclic amines) is 1. The Hall–Kier alpha value is -1.55. The van der Waals surface area contributed by atoms with Gasteiger partial charge in [0.2, 0.25) is 0 Å². The van der Waals surface area contributed by atoms with E-state index >= 15 is 0 Å². The van der Waals surface area contributed by atoms with Gasteiger partial charge in [0.25, 0.3) is 5.91 Å². The van der Waals surface area contributed by atoms with E-state index in [0.717, 1.165) is 55.8 Å². The van der Waals surface area contributed by atoms with Crippen LogP contribution >= 0.6 is 0 Å². The maximum absolute atomic E-state index is 12.5. The monoisotopic (exact) mass is 290 g/mol. The van der Waals surface area contributed by atoms with Gasteiger partial charge in [-0.25, -0.2) is 0 Å². The van der Waals surface area contributed by atoms with Gasteiger partial charge in [-0.2, -0.15) is 0 Å². The SMILES string of the molecule is CCCNC1CCN(C(=O)c2ccc(C)c(OC)c2)CC1. The lowest BCUT2D eigenvalue weighted by atomic mass is 10.0. The number of ether oxygens (including phenoxy) is 1. The van der Waals surface area contributed by atoms with Crippen LogP contribution in [0.15, 0.2) is 18.2 Å². The van der Waals surface area contributed by atoms with Crippen molar-refractivity contribution in [3.05, 3.63) is 29.3 Å². The number of piperidine rings is 1. The van der Waals surface area contributed by atoms with Crippen LogP contribution in [-0.2, 0) is 0 Å². The molecule has 1 aliphatic heterocycles. The van der Waals surface area contributed by atoms with Gasteiger partial charge in [0.05, 0.1) is 7.11 Å². The Kier molecular flexibility index (Phi) is 5.62. The van der Waals surface area contributed by atoms with Crippen molar-refractivity contribution in [2.24, 2.45) is 0 Å². The highest BCUT2D eigenvalue weighted by Gasteiger charge is 2.23. The molecule has 1 saturated heterocycles. The summed E-state index contributed by atoms with van der Waals surface area (Å²) < 4.78 is 5.30. The summed E-state index contributed by atoms with van der Waals surface area (Å²) >= 11 is 0. The lowest BCUT2D eigenvalue weighted by Gasteiger charge is -2.32. The third-order valence-electron chi connectivity index (χ3n) is 4.12. The first-order valence-electron chi connectivity index (χ1n) is 7.83. The van der Waals surface area contributed by atoms with Crippen molar-refractivity contribution >= 4 is 5.91 Å². The Morgan fingerprint density at radius 1 is 1.38 bits per heavy atom. The molecule has 0 saturated carbocycles. The molecule has 0 aliphatic carbocycles. The second kappa shape index (κ2) is 7.46. The molecule has 0 spiro atoms. The summed E-state index contributed by atoms with van der Waals surface area (Å²) in [7, 11) is 1.64. The average Bonchev–Trinajstić information content (AvgIpc) is 2.53. The quantitative estimate of drug-likeness (QED) is 0.906. The molecular weight excluding hydrogens is 264 g/mol. The Balaban J connectivity index is 1.95. The van der Waals surface area contributed by atoms with Gasteiger partial charge >= 0.3 is 0 Å². The number of aryl methyl sites for hydroxylation is 1. The number of hydrogen-bond acceptors (Lipinski definition) is 3. The number of carbonyl (C=O) groups is 1. The van der Waals surface area contributed by atoms with E-state index in [4.69, 9.17) is 4.74 Å². The number of nitrogens with zero attached hydrogens (tertiary/aromatic N) is 1. The maximum Gasteiger partial charge on any atom is 0.253 e. The van der Waals surface area contributed by atoms with Gasteiger partial charge in [-0.05, 0) is 50.4 Å². The highest BCUT2D eigenvalue weighted by Crippen LogP contribution is 2.21. The molecule has 0 radical (unpaired) electrons. The first kappa shape index (κ1) is 15.8. The lowest BCUT2D eigenvalue weighted by molar-refractivity contribution is 0.0705. The fraction of sp³-hybridized carbons (Fsp3) is 0.588. The highest BCUT2D eigenvalue weighted by atomic mass is 16.5. The molecular formula is C17H26N2O2. The summed E-state index contributed by atoms with van der Waals surface area (Å²) in [6.07, 6.45) is 3.23. The molecule has 1 aromatic carbocycles. The second-order valence-electron chi connectivity index (χ2n) is 5.70. The molecule has 1 N–H and O–H groups in total. The molecule has 0 bridgehead atoms. The standard InChI is InChI=1S/C17H26N2O2/c1-4-9-18-15-7-10-19(11-8-15)17(20)14-6-5-13(2)16(12-14)21-3/h5-6,12,15,18H,4,7-11H2,1-3H3. The van der Waals surface area contributed by atoms with Crippen molar-refractivity contribution in [2.45, 2.75) is 39.2 Å². The Morgan fingerprint density at radius 3 is 2.71 bits per heavy atom. The number of benzene rings is 1. The number of rotatable bonds is 5. The van der Waals surface area contributed by atoms with Crippen LogP contribution in [0.5, 0.6) is 5.75 Å². The molecule has 1 aromatic rings. The average molecular weight is 290 g/mol. The molecule has 4 heteroatoms. The first-order valence-corrected chi connectivity index (χ1v) is 7.83. The molecule has 116 valence electrons. The van der Waals surface area contributed by atoms with Gasteiger partial charge < -0.3 is 15.0 Å². The Labute approximate surface area is 127 Å². The van der Waals surface area contributed by atoms with Crippen LogP contribution in [0.4, 0.5) is 0 Å². The van der Waals surface area contributed by atoms with Gasteiger partial charge in [0.1, 0.15) is 5.75 Å². The van der Waals surface area contributed by atoms with Crippen molar-refractivity contribution in [3.8, 4) is 5.75 Å². The molecule has 1 aliphatic rings. The largest absolute Gasteiger partial charge is 0.496 e. The van der Waals surface area contributed by atoms with Crippen LogP contribution in [0.1, 0.15) is 42.1 Å². The zero-order valence-corrected chi connectivity index (χ0v) is 13.3. The van der Waals surface area contributed by atoms with E-state index in [-0.39, 0.29) is 5.91 Å². The van der Waals surface area contributed by atoms with E-state index in [2.05, 4.69) is 12.2 Å². The zero-order valence-electron chi connectivity index (χ0n) is 13.3. The van der Waals surface area contributed by atoms with Crippen LogP contribution in [-0.4, -0.2) is 43.6 Å². The summed E-state index contributed by atoms with van der Waals surface area (Å²) in [6, 6.07) is 6.24. The number of carbonyl (C=O) groups excluding carboxylic acids is 1. The number of hydrogen-bond donors (Lipinski definition) is 1. The maximum atomic E-state index is 12.5. The Morgan fingerprint density at radius 2 is 2.10 bits per heavy atom. The smallest absolute Gasteiger partial charge is 0.253 e. The molecule has 2 rings (SSSR count). The molecule has 1 amide bonds. The van der Waals surface area contributed by atoms with Crippen molar-refractivity contribution in [1.82, 2.24) is 10.2 Å². The van der Waals surface area contributed by atoms with Crippen LogP contribution < -0.4 is 10.1 Å². The van der Waals surface area contributed by atoms with Gasteiger partial charge in [0, 0.05) is 24.7 Å². The third kappa shape index (κ3) is 3.97. The van der Waals surface area contributed by atoms with E-state index in [9.17, 15) is 4.79 Å². The molecule has 0 aromatic heterocycles. The van der Waals surface area contributed by atoms with Gasteiger partial charge in [-0.1, -0.05) is 13.0 Å². The minimum atomic E-state index is 0.113. The zero-order chi connectivity index (χ0) is 15.2. The first-order chi connectivity index (χ1) is 10.2. The molecule has 1 heterocycles. The van der Waals surface area contributed by atoms with Gasteiger partial charge in [-0.15, -0.1) is 0 Å². The summed E-state index contributed by atoms with van der Waals surface area (Å²) in [5.74, 6) is 0.891. The second-order valence-corrected chi connectivity index (χ2v) is 5.70. The molecule has 4 nitrogen and oxygen atoms in total. The fourth-order valence-corrected chi connectivity index (χ4v) is 2.77. The molecule has 1 fully saturated rings. The van der Waals surface area contributed by atoms with E-state index in [1.54, 1.807) is 7.11 Å². The fourth-order valence-electron chi connectivity index (χ4n) is 2.77. The summed E-state index contributed by atoms with van der Waals surface area (Å²) in [4.78, 5) is 14.5. The van der Waals surface area contributed by atoms with Crippen molar-refractivity contribution < 1.29 is 9.53 Å². The molecule has 0 atom stereocenters. The lowest BCUT2D eigenvalue weighted by Crippen LogP contribution is -2.45. The minimum Gasteiger partial charge on any atom is -0.496 e. The highest BCUT2D eigenvalue weighted by molar-refractivity contribution is 5.94. The van der Waals surface area contributed by atoms with Crippen LogP contribution in [0.3, 0.4) is 0 Å². The van der Waals surface area contributed by atoms with Crippen LogP contribution in [0.2, 0.25) is 0 Å². The molecule has 21 heavy (non-hydrogen) atoms. The van der Waals surface area contributed by atoms with E-state index in [0.29, 0.717) is 6.04 Å². The summed E-state index contributed by atoms with van der Waals surface area (Å²) in [6.45, 7) is 6.88. The predicted molar refractivity (Wildman–Crippen MR) is 85.0 cm³/mol. The van der Waals surface area contributed by atoms with E-state index < -0.39 is 0 Å². The van der Waals surface area contributed by atoms with Gasteiger partial charge in [-0.3, -0.25) is 4.79 Å². The number of methoxy groups -OCH3 is 1. The van der Waals surface area contributed by atoms with Crippen molar-refractivity contribution in [3.63, 3.8) is 0 Å². The van der Waals surface area contributed by atoms with Crippen LogP contribution in [0.25, 0.3) is 0 Å². The predicted octanol–water partition coefficient (Wildman–Crippen LogP) is 2.61. The van der Waals surface area contributed by atoms with E-state index in [1.165, 1.54) is 0 Å². The van der Waals surface area contributed by atoms with Crippen molar-refractivity contribution in [1.29, 1.82) is 0 Å². The number of amides is 1. The normalized spacial score (nSPS) is 16.0. The Bertz CT molecular complexity index is 480. The third-order valence-corrected chi connectivity index (χ3v) is 4.12. The van der Waals surface area contributed by atoms with Crippen molar-refractivity contribution in [2.75, 3.05) is 26.7 Å². The molecule has 0 unspecified atom stereocenters. The van der Waals surface area contributed by atoms with Crippen LogP contribution in [0, 0.1) is 6.92 Å². The summed E-state index contributed by atoms with van der Waals surface area (Å²) in [5.41, 5.74) is 1.77.